The summed E-state index contributed by atoms with van der Waals surface area (Å²) in [4.78, 5) is 3.98. The molecule has 0 spiro atoms. The standard InChI is InChI=1S/C15H14N2O3S/c18-10-2-1-5-13-6-3-8-15(11-13)21(19,20)17-14-7-4-9-16-12-14/h3-4,6-9,11-12,17-18H,2,10H2. The van der Waals surface area contributed by atoms with Crippen LogP contribution in [0.1, 0.15) is 12.0 Å². The molecule has 2 aromatic rings. The van der Waals surface area contributed by atoms with Crippen molar-refractivity contribution in [3.8, 4) is 11.8 Å². The summed E-state index contributed by atoms with van der Waals surface area (Å²) >= 11 is 0. The second kappa shape index (κ2) is 6.88. The van der Waals surface area contributed by atoms with Crippen LogP contribution in [0, 0.1) is 11.8 Å². The molecule has 108 valence electrons. The Morgan fingerprint density at radius 3 is 2.81 bits per heavy atom. The molecule has 21 heavy (non-hydrogen) atoms. The van der Waals surface area contributed by atoms with Crippen molar-refractivity contribution in [2.24, 2.45) is 0 Å². The molecule has 1 aromatic carbocycles. The Bertz CT molecular complexity index is 762. The van der Waals surface area contributed by atoms with Gasteiger partial charge in [-0.25, -0.2) is 8.42 Å². The summed E-state index contributed by atoms with van der Waals surface area (Å²) in [6.45, 7) is -0.0203. The third-order valence-corrected chi connectivity index (χ3v) is 3.91. The molecular weight excluding hydrogens is 288 g/mol. The highest BCUT2D eigenvalue weighted by Crippen LogP contribution is 2.15. The van der Waals surface area contributed by atoms with Crippen molar-refractivity contribution in [2.75, 3.05) is 11.3 Å². The van der Waals surface area contributed by atoms with E-state index in [-0.39, 0.29) is 11.5 Å². The molecular formula is C15H14N2O3S. The molecule has 2 rings (SSSR count). The second-order valence-corrected chi connectivity index (χ2v) is 5.83. The summed E-state index contributed by atoms with van der Waals surface area (Å²) in [5.74, 6) is 5.56. The van der Waals surface area contributed by atoms with Crippen molar-refractivity contribution < 1.29 is 13.5 Å². The van der Waals surface area contributed by atoms with Gasteiger partial charge in [-0.1, -0.05) is 17.9 Å². The van der Waals surface area contributed by atoms with E-state index in [0.717, 1.165) is 0 Å². The lowest BCUT2D eigenvalue weighted by atomic mass is 10.2. The number of nitrogens with one attached hydrogen (secondary N) is 1. The van der Waals surface area contributed by atoms with Crippen molar-refractivity contribution in [1.29, 1.82) is 0 Å². The number of sulfonamides is 1. The maximum atomic E-state index is 12.3. The first-order valence-corrected chi connectivity index (χ1v) is 7.73. The summed E-state index contributed by atoms with van der Waals surface area (Å²) in [6, 6.07) is 9.59. The summed E-state index contributed by atoms with van der Waals surface area (Å²) in [6.07, 6.45) is 3.35. The highest BCUT2D eigenvalue weighted by molar-refractivity contribution is 7.92. The third kappa shape index (κ3) is 4.31. The molecule has 1 aromatic heterocycles. The Labute approximate surface area is 123 Å². The minimum atomic E-state index is -3.67. The number of aliphatic hydroxyl groups excluding tert-OH is 1. The summed E-state index contributed by atoms with van der Waals surface area (Å²) in [7, 11) is -3.67. The van der Waals surface area contributed by atoms with Crippen molar-refractivity contribution >= 4 is 15.7 Å². The first-order valence-electron chi connectivity index (χ1n) is 6.24. The predicted molar refractivity (Wildman–Crippen MR) is 80.1 cm³/mol. The Morgan fingerprint density at radius 2 is 2.10 bits per heavy atom. The SMILES string of the molecule is O=S(=O)(Nc1cccnc1)c1cccc(C#CCCO)c1. The lowest BCUT2D eigenvalue weighted by Crippen LogP contribution is -2.13. The van der Waals surface area contributed by atoms with Crippen LogP contribution in [-0.4, -0.2) is 25.1 Å². The van der Waals surface area contributed by atoms with Gasteiger partial charge in [0, 0.05) is 18.2 Å². The molecule has 0 saturated heterocycles. The molecule has 0 radical (unpaired) electrons. The van der Waals surface area contributed by atoms with Crippen LogP contribution in [0.25, 0.3) is 0 Å². The largest absolute Gasteiger partial charge is 0.395 e. The van der Waals surface area contributed by atoms with Gasteiger partial charge in [0.2, 0.25) is 0 Å². The Hall–Kier alpha value is -2.36. The predicted octanol–water partition coefficient (Wildman–Crippen LogP) is 1.62. The zero-order chi connectivity index (χ0) is 15.1. The summed E-state index contributed by atoms with van der Waals surface area (Å²) in [5.41, 5.74) is 0.978. The van der Waals surface area contributed by atoms with Gasteiger partial charge in [0.1, 0.15) is 0 Å². The minimum absolute atomic E-state index is 0.0203. The fourth-order valence-corrected chi connectivity index (χ4v) is 2.69. The van der Waals surface area contributed by atoms with Crippen LogP contribution in [-0.2, 0) is 10.0 Å². The van der Waals surface area contributed by atoms with Crippen molar-refractivity contribution in [2.45, 2.75) is 11.3 Å². The zero-order valence-corrected chi connectivity index (χ0v) is 12.0. The Morgan fingerprint density at radius 1 is 1.24 bits per heavy atom. The fourth-order valence-electron chi connectivity index (χ4n) is 1.60. The van der Waals surface area contributed by atoms with E-state index in [4.69, 9.17) is 5.11 Å². The molecule has 0 fully saturated rings. The number of aliphatic hydroxyl groups is 1. The first-order chi connectivity index (χ1) is 10.1. The number of rotatable bonds is 4. The van der Waals surface area contributed by atoms with Crippen molar-refractivity contribution in [1.82, 2.24) is 4.98 Å². The molecule has 1 heterocycles. The van der Waals surface area contributed by atoms with Crippen LogP contribution >= 0.6 is 0 Å². The van der Waals surface area contributed by atoms with Gasteiger partial charge in [0.05, 0.1) is 23.4 Å². The molecule has 0 aliphatic heterocycles. The van der Waals surface area contributed by atoms with Gasteiger partial charge in [0.25, 0.3) is 10.0 Å². The van der Waals surface area contributed by atoms with E-state index in [1.807, 2.05) is 0 Å². The van der Waals surface area contributed by atoms with Gasteiger partial charge in [-0.05, 0) is 30.3 Å². The van der Waals surface area contributed by atoms with Gasteiger partial charge < -0.3 is 5.11 Å². The number of pyridine rings is 1. The lowest BCUT2D eigenvalue weighted by Gasteiger charge is -2.07. The van der Waals surface area contributed by atoms with Crippen LogP contribution < -0.4 is 4.72 Å². The van der Waals surface area contributed by atoms with E-state index in [1.54, 1.807) is 30.5 Å². The quantitative estimate of drug-likeness (QED) is 0.841. The van der Waals surface area contributed by atoms with Gasteiger partial charge >= 0.3 is 0 Å². The zero-order valence-electron chi connectivity index (χ0n) is 11.2. The Balaban J connectivity index is 2.25. The van der Waals surface area contributed by atoms with Crippen molar-refractivity contribution in [3.05, 3.63) is 54.4 Å². The van der Waals surface area contributed by atoms with E-state index < -0.39 is 10.0 Å². The van der Waals surface area contributed by atoms with E-state index >= 15 is 0 Å². The average Bonchev–Trinajstić information content (AvgIpc) is 2.48. The number of aromatic nitrogens is 1. The highest BCUT2D eigenvalue weighted by Gasteiger charge is 2.14. The molecule has 0 atom stereocenters. The first kappa shape index (κ1) is 15.0. The molecule has 0 saturated carbocycles. The number of anilines is 1. The molecule has 6 heteroatoms. The van der Waals surface area contributed by atoms with Gasteiger partial charge in [-0.15, -0.1) is 0 Å². The molecule has 2 N–H and O–H groups in total. The number of nitrogens with zero attached hydrogens (tertiary/aromatic N) is 1. The molecule has 0 unspecified atom stereocenters. The highest BCUT2D eigenvalue weighted by atomic mass is 32.2. The van der Waals surface area contributed by atoms with Gasteiger partial charge in [-0.2, -0.15) is 0 Å². The number of hydrogen-bond donors (Lipinski definition) is 2. The van der Waals surface area contributed by atoms with E-state index in [9.17, 15) is 8.42 Å². The van der Waals surface area contributed by atoms with E-state index in [0.29, 0.717) is 17.7 Å². The second-order valence-electron chi connectivity index (χ2n) is 4.15. The maximum absolute atomic E-state index is 12.3. The van der Waals surface area contributed by atoms with Crippen LogP contribution in [0.3, 0.4) is 0 Å². The minimum Gasteiger partial charge on any atom is -0.395 e. The lowest BCUT2D eigenvalue weighted by molar-refractivity contribution is 0.305. The normalized spacial score (nSPS) is 10.5. The topological polar surface area (TPSA) is 79.3 Å². The van der Waals surface area contributed by atoms with Crippen LogP contribution in [0.15, 0.2) is 53.7 Å². The average molecular weight is 302 g/mol. The van der Waals surface area contributed by atoms with E-state index in [2.05, 4.69) is 21.5 Å². The molecule has 0 bridgehead atoms. The number of benzene rings is 1. The summed E-state index contributed by atoms with van der Waals surface area (Å²) < 4.78 is 27.0. The fraction of sp³-hybridized carbons (Fsp3) is 0.133. The Kier molecular flexibility index (Phi) is 4.93. The van der Waals surface area contributed by atoms with Crippen LogP contribution in [0.2, 0.25) is 0 Å². The molecule has 0 amide bonds. The third-order valence-electron chi connectivity index (χ3n) is 2.53. The molecule has 0 aliphatic rings. The van der Waals surface area contributed by atoms with Crippen LogP contribution in [0.4, 0.5) is 5.69 Å². The monoisotopic (exact) mass is 302 g/mol. The maximum Gasteiger partial charge on any atom is 0.261 e. The van der Waals surface area contributed by atoms with Gasteiger partial charge in [-0.3, -0.25) is 9.71 Å². The number of hydrogen-bond acceptors (Lipinski definition) is 4. The van der Waals surface area contributed by atoms with Crippen LogP contribution in [0.5, 0.6) is 0 Å². The summed E-state index contributed by atoms with van der Waals surface area (Å²) in [5, 5.41) is 8.68. The molecule has 5 nitrogen and oxygen atoms in total. The molecule has 0 aliphatic carbocycles. The van der Waals surface area contributed by atoms with Crippen molar-refractivity contribution in [3.63, 3.8) is 0 Å². The van der Waals surface area contributed by atoms with Gasteiger partial charge in [0.15, 0.2) is 0 Å². The van der Waals surface area contributed by atoms with E-state index in [1.165, 1.54) is 18.3 Å². The smallest absolute Gasteiger partial charge is 0.261 e.